The van der Waals surface area contributed by atoms with E-state index < -0.39 is 0 Å². The summed E-state index contributed by atoms with van der Waals surface area (Å²) in [6.45, 7) is 0. The van der Waals surface area contributed by atoms with Crippen LogP contribution in [0.4, 0.5) is 0 Å². The fourth-order valence-corrected chi connectivity index (χ4v) is 7.11. The lowest BCUT2D eigenvalue weighted by atomic mass is 9.82. The van der Waals surface area contributed by atoms with E-state index >= 15 is 0 Å². The molecule has 1 aromatic heterocycles. The zero-order valence-corrected chi connectivity index (χ0v) is 22.9. The Morgan fingerprint density at radius 3 is 1.64 bits per heavy atom. The number of hydrogen-bond acceptors (Lipinski definition) is 1. The second kappa shape index (κ2) is 8.99. The molecule has 0 radical (unpaired) electrons. The summed E-state index contributed by atoms with van der Waals surface area (Å²) in [6, 6.07) is 51.1. The number of hydrogen-bond donors (Lipinski definition) is 0. The van der Waals surface area contributed by atoms with Crippen LogP contribution in [0.2, 0.25) is 0 Å². The van der Waals surface area contributed by atoms with Crippen LogP contribution in [-0.4, -0.2) is 4.98 Å². The van der Waals surface area contributed by atoms with Gasteiger partial charge >= 0.3 is 0 Å². The molecular formula is C41H25N. The van der Waals surface area contributed by atoms with Gasteiger partial charge in [0.05, 0.1) is 0 Å². The van der Waals surface area contributed by atoms with E-state index in [4.69, 9.17) is 0 Å². The van der Waals surface area contributed by atoms with Gasteiger partial charge in [0.2, 0.25) is 0 Å². The summed E-state index contributed by atoms with van der Waals surface area (Å²) >= 11 is 0. The van der Waals surface area contributed by atoms with Gasteiger partial charge in [-0.2, -0.15) is 0 Å². The van der Waals surface area contributed by atoms with Gasteiger partial charge in [0.25, 0.3) is 0 Å². The van der Waals surface area contributed by atoms with Crippen molar-refractivity contribution in [1.29, 1.82) is 0 Å². The maximum absolute atomic E-state index is 4.31. The van der Waals surface area contributed by atoms with E-state index in [1.165, 1.54) is 82.6 Å². The van der Waals surface area contributed by atoms with Crippen molar-refractivity contribution >= 4 is 32.3 Å². The summed E-state index contributed by atoms with van der Waals surface area (Å²) in [6.07, 6.45) is 3.81. The molecule has 194 valence electrons. The first-order valence-corrected chi connectivity index (χ1v) is 14.5. The summed E-state index contributed by atoms with van der Waals surface area (Å²) in [7, 11) is 0. The molecule has 1 heterocycles. The van der Waals surface area contributed by atoms with Crippen LogP contribution < -0.4 is 0 Å². The number of benzene rings is 7. The minimum atomic E-state index is 1.16. The number of aromatic nitrogens is 1. The molecule has 8 aromatic rings. The highest BCUT2D eigenvalue weighted by atomic mass is 14.6. The normalized spacial score (nSPS) is 11.8. The van der Waals surface area contributed by atoms with E-state index in [0.717, 1.165) is 5.39 Å². The molecule has 9 rings (SSSR count). The molecule has 7 aromatic carbocycles. The molecule has 0 amide bonds. The van der Waals surface area contributed by atoms with Gasteiger partial charge in [-0.05, 0) is 94.7 Å². The molecule has 0 bridgehead atoms. The van der Waals surface area contributed by atoms with E-state index in [1.807, 2.05) is 12.4 Å². The molecule has 1 aliphatic rings. The molecule has 0 atom stereocenters. The van der Waals surface area contributed by atoms with Crippen LogP contribution in [0.5, 0.6) is 0 Å². The number of nitrogens with zero attached hydrogens (tertiary/aromatic N) is 1. The predicted molar refractivity (Wildman–Crippen MR) is 177 cm³/mol. The van der Waals surface area contributed by atoms with Crippen LogP contribution in [0.25, 0.3) is 88.0 Å². The molecule has 1 nitrogen and oxygen atoms in total. The first kappa shape index (κ1) is 23.2. The molecule has 1 aliphatic carbocycles. The second-order valence-electron chi connectivity index (χ2n) is 11.1. The Bertz CT molecular complexity index is 2240. The lowest BCUT2D eigenvalue weighted by molar-refractivity contribution is 1.36. The van der Waals surface area contributed by atoms with Crippen LogP contribution in [0, 0.1) is 0 Å². The van der Waals surface area contributed by atoms with Gasteiger partial charge < -0.3 is 0 Å². The van der Waals surface area contributed by atoms with E-state index in [2.05, 4.69) is 145 Å². The zero-order chi connectivity index (χ0) is 27.6. The first-order chi connectivity index (χ1) is 20.9. The molecule has 0 unspecified atom stereocenters. The van der Waals surface area contributed by atoms with Crippen molar-refractivity contribution in [3.63, 3.8) is 0 Å². The summed E-state index contributed by atoms with van der Waals surface area (Å²) in [5.74, 6) is 0. The lowest BCUT2D eigenvalue weighted by Crippen LogP contribution is -1.93. The van der Waals surface area contributed by atoms with Crippen LogP contribution >= 0.6 is 0 Å². The lowest BCUT2D eigenvalue weighted by Gasteiger charge is -2.20. The third kappa shape index (κ3) is 3.28. The van der Waals surface area contributed by atoms with Gasteiger partial charge in [-0.3, -0.25) is 4.98 Å². The SMILES string of the molecule is c1ccc(-c2c3c(c(-c4ccccc4)c4ccccc24)-c2ccc(-c4ccc5cnccc5c4)c4cccc-3c24)cc1. The third-order valence-electron chi connectivity index (χ3n) is 8.87. The van der Waals surface area contributed by atoms with Crippen LogP contribution in [-0.2, 0) is 0 Å². The van der Waals surface area contributed by atoms with Crippen molar-refractivity contribution in [2.24, 2.45) is 0 Å². The Hall–Kier alpha value is -5.53. The first-order valence-electron chi connectivity index (χ1n) is 14.5. The van der Waals surface area contributed by atoms with Crippen molar-refractivity contribution in [2.75, 3.05) is 0 Å². The molecule has 0 spiro atoms. The molecule has 1 heteroatoms. The molecule has 0 fully saturated rings. The number of rotatable bonds is 3. The maximum Gasteiger partial charge on any atom is 0.0346 e. The highest BCUT2D eigenvalue weighted by molar-refractivity contribution is 6.28. The summed E-state index contributed by atoms with van der Waals surface area (Å²) in [5, 5.41) is 7.56. The number of fused-ring (bicyclic) bond motifs is 5. The van der Waals surface area contributed by atoms with Gasteiger partial charge in [0.1, 0.15) is 0 Å². The smallest absolute Gasteiger partial charge is 0.0346 e. The molecule has 0 aliphatic heterocycles. The Kier molecular flexibility index (Phi) is 4.97. The van der Waals surface area contributed by atoms with E-state index in [9.17, 15) is 0 Å². The molecule has 0 saturated heterocycles. The van der Waals surface area contributed by atoms with Gasteiger partial charge in [-0.25, -0.2) is 0 Å². The average Bonchev–Trinajstić information content (AvgIpc) is 3.39. The molecular weight excluding hydrogens is 506 g/mol. The molecule has 0 N–H and O–H groups in total. The van der Waals surface area contributed by atoms with Gasteiger partial charge in [0.15, 0.2) is 0 Å². The standard InChI is InChI=1S/C41H25N/c1-3-10-26(11-4-1)37-33-14-7-8-15-34(33)38(27-12-5-2-6-13-27)41-36-21-20-31(32-16-9-17-35(39(32)36)40(37)41)29-18-19-30-25-42-23-22-28(30)24-29/h1-25H. The third-order valence-corrected chi connectivity index (χ3v) is 8.87. The zero-order valence-electron chi connectivity index (χ0n) is 22.9. The summed E-state index contributed by atoms with van der Waals surface area (Å²) in [4.78, 5) is 4.31. The highest BCUT2D eigenvalue weighted by Crippen LogP contribution is 2.58. The number of pyridine rings is 1. The van der Waals surface area contributed by atoms with Crippen molar-refractivity contribution in [3.8, 4) is 55.6 Å². The summed E-state index contributed by atoms with van der Waals surface area (Å²) in [5.41, 5.74) is 12.9. The monoisotopic (exact) mass is 531 g/mol. The Labute approximate surface area is 244 Å². The van der Waals surface area contributed by atoms with Crippen molar-refractivity contribution in [3.05, 3.63) is 152 Å². The fourth-order valence-electron chi connectivity index (χ4n) is 7.11. The highest BCUT2D eigenvalue weighted by Gasteiger charge is 2.31. The topological polar surface area (TPSA) is 12.9 Å². The predicted octanol–water partition coefficient (Wildman–Crippen LogP) is 11.2. The molecule has 42 heavy (non-hydrogen) atoms. The summed E-state index contributed by atoms with van der Waals surface area (Å²) < 4.78 is 0. The second-order valence-corrected chi connectivity index (χ2v) is 11.1. The van der Waals surface area contributed by atoms with Crippen LogP contribution in [0.3, 0.4) is 0 Å². The quantitative estimate of drug-likeness (QED) is 0.221. The van der Waals surface area contributed by atoms with Crippen molar-refractivity contribution < 1.29 is 0 Å². The Morgan fingerprint density at radius 2 is 0.952 bits per heavy atom. The van der Waals surface area contributed by atoms with Crippen LogP contribution in [0.1, 0.15) is 0 Å². The Balaban J connectivity index is 1.44. The fraction of sp³-hybridized carbons (Fsp3) is 0. The van der Waals surface area contributed by atoms with E-state index in [0.29, 0.717) is 0 Å². The minimum Gasteiger partial charge on any atom is -0.264 e. The van der Waals surface area contributed by atoms with Crippen molar-refractivity contribution in [2.45, 2.75) is 0 Å². The maximum atomic E-state index is 4.31. The van der Waals surface area contributed by atoms with E-state index in [-0.39, 0.29) is 0 Å². The molecule has 0 saturated carbocycles. The van der Waals surface area contributed by atoms with Crippen molar-refractivity contribution in [1.82, 2.24) is 4.98 Å². The minimum absolute atomic E-state index is 1.16. The van der Waals surface area contributed by atoms with Gasteiger partial charge in [-0.1, -0.05) is 127 Å². The van der Waals surface area contributed by atoms with Gasteiger partial charge in [0, 0.05) is 17.8 Å². The average molecular weight is 532 g/mol. The van der Waals surface area contributed by atoms with Gasteiger partial charge in [-0.15, -0.1) is 0 Å². The Morgan fingerprint density at radius 1 is 0.357 bits per heavy atom. The van der Waals surface area contributed by atoms with Crippen LogP contribution in [0.15, 0.2) is 152 Å². The largest absolute Gasteiger partial charge is 0.264 e. The van der Waals surface area contributed by atoms with E-state index in [1.54, 1.807) is 0 Å².